The topological polar surface area (TPSA) is 39.1 Å². The van der Waals surface area contributed by atoms with Crippen LogP contribution in [0.1, 0.15) is 26.6 Å². The molecule has 0 amide bonds. The Hall–Kier alpha value is -1.97. The number of benzene rings is 1. The van der Waals surface area contributed by atoms with Crippen LogP contribution in [0.5, 0.6) is 5.75 Å². The molecular formula is C16H23N3O. The van der Waals surface area contributed by atoms with E-state index in [2.05, 4.69) is 35.6 Å². The molecular weight excluding hydrogens is 250 g/mol. The molecule has 1 aromatic heterocycles. The fourth-order valence-corrected chi connectivity index (χ4v) is 1.94. The number of rotatable bonds is 7. The number of nitrogens with one attached hydrogen (secondary N) is 1. The molecule has 20 heavy (non-hydrogen) atoms. The molecule has 4 heteroatoms. The first kappa shape index (κ1) is 14.4. The first-order chi connectivity index (χ1) is 9.69. The molecule has 0 aliphatic rings. The summed E-state index contributed by atoms with van der Waals surface area (Å²) >= 11 is 0. The first-order valence-corrected chi connectivity index (χ1v) is 7.15. The maximum Gasteiger partial charge on any atom is 0.128 e. The summed E-state index contributed by atoms with van der Waals surface area (Å²) in [7, 11) is 0. The van der Waals surface area contributed by atoms with Crippen molar-refractivity contribution in [2.75, 3.05) is 11.9 Å². The van der Waals surface area contributed by atoms with E-state index in [1.807, 2.05) is 36.7 Å². The van der Waals surface area contributed by atoms with Crippen LogP contribution < -0.4 is 10.1 Å². The average molecular weight is 273 g/mol. The minimum Gasteiger partial charge on any atom is -0.493 e. The largest absolute Gasteiger partial charge is 0.493 e. The highest BCUT2D eigenvalue weighted by Gasteiger charge is 2.02. The van der Waals surface area contributed by atoms with Gasteiger partial charge in [0.05, 0.1) is 13.2 Å². The van der Waals surface area contributed by atoms with Gasteiger partial charge in [-0.15, -0.1) is 0 Å². The molecule has 2 aromatic rings. The molecule has 0 saturated carbocycles. The number of imidazole rings is 1. The SMILES string of the molecule is CCn1ccnc1CNc1cccc(OCC(C)C)c1. The van der Waals surface area contributed by atoms with Gasteiger partial charge in [0.15, 0.2) is 0 Å². The van der Waals surface area contributed by atoms with Crippen molar-refractivity contribution >= 4 is 5.69 Å². The Morgan fingerprint density at radius 2 is 2.20 bits per heavy atom. The smallest absolute Gasteiger partial charge is 0.128 e. The fraction of sp³-hybridized carbons (Fsp3) is 0.438. The van der Waals surface area contributed by atoms with Gasteiger partial charge in [-0.3, -0.25) is 0 Å². The average Bonchev–Trinajstić information content (AvgIpc) is 2.91. The van der Waals surface area contributed by atoms with Gasteiger partial charge in [-0.25, -0.2) is 4.98 Å². The molecule has 0 aliphatic heterocycles. The van der Waals surface area contributed by atoms with E-state index in [1.54, 1.807) is 0 Å². The van der Waals surface area contributed by atoms with E-state index in [0.717, 1.165) is 30.4 Å². The molecule has 0 unspecified atom stereocenters. The highest BCUT2D eigenvalue weighted by molar-refractivity contribution is 5.48. The zero-order valence-electron chi connectivity index (χ0n) is 12.5. The van der Waals surface area contributed by atoms with Crippen molar-refractivity contribution in [3.05, 3.63) is 42.5 Å². The molecule has 1 heterocycles. The Morgan fingerprint density at radius 1 is 1.35 bits per heavy atom. The minimum absolute atomic E-state index is 0.531. The zero-order chi connectivity index (χ0) is 14.4. The Kier molecular flexibility index (Phi) is 5.04. The summed E-state index contributed by atoms with van der Waals surface area (Å²) in [5, 5.41) is 3.39. The maximum absolute atomic E-state index is 5.73. The van der Waals surface area contributed by atoms with Gasteiger partial charge in [0, 0.05) is 30.7 Å². The standard InChI is InChI=1S/C16H23N3O/c1-4-19-9-8-17-16(19)11-18-14-6-5-7-15(10-14)20-12-13(2)3/h5-10,13,18H,4,11-12H2,1-3H3. The Balaban J connectivity index is 1.94. The van der Waals surface area contributed by atoms with Crippen LogP contribution in [-0.2, 0) is 13.1 Å². The molecule has 1 N–H and O–H groups in total. The van der Waals surface area contributed by atoms with Gasteiger partial charge in [-0.1, -0.05) is 19.9 Å². The van der Waals surface area contributed by atoms with Crippen LogP contribution in [0.25, 0.3) is 0 Å². The second kappa shape index (κ2) is 6.98. The normalized spacial score (nSPS) is 10.8. The van der Waals surface area contributed by atoms with Gasteiger partial charge in [0.1, 0.15) is 11.6 Å². The van der Waals surface area contributed by atoms with Crippen LogP contribution in [0.2, 0.25) is 0 Å². The Labute approximate surface area is 120 Å². The molecule has 0 radical (unpaired) electrons. The van der Waals surface area contributed by atoms with E-state index in [4.69, 9.17) is 4.74 Å². The third-order valence-electron chi connectivity index (χ3n) is 3.01. The zero-order valence-corrected chi connectivity index (χ0v) is 12.5. The number of nitrogens with zero attached hydrogens (tertiary/aromatic N) is 2. The lowest BCUT2D eigenvalue weighted by atomic mass is 10.2. The first-order valence-electron chi connectivity index (χ1n) is 7.15. The van der Waals surface area contributed by atoms with Gasteiger partial charge in [-0.2, -0.15) is 0 Å². The van der Waals surface area contributed by atoms with Crippen molar-refractivity contribution in [1.82, 2.24) is 9.55 Å². The maximum atomic E-state index is 5.73. The van der Waals surface area contributed by atoms with Crippen molar-refractivity contribution < 1.29 is 4.74 Å². The molecule has 0 fully saturated rings. The Morgan fingerprint density at radius 3 is 2.95 bits per heavy atom. The summed E-state index contributed by atoms with van der Waals surface area (Å²) < 4.78 is 7.86. The summed E-state index contributed by atoms with van der Waals surface area (Å²) in [4.78, 5) is 4.35. The minimum atomic E-state index is 0.531. The van der Waals surface area contributed by atoms with Crippen LogP contribution in [0.15, 0.2) is 36.7 Å². The molecule has 0 bridgehead atoms. The molecule has 2 rings (SSSR count). The Bertz CT molecular complexity index is 534. The van der Waals surface area contributed by atoms with E-state index < -0.39 is 0 Å². The highest BCUT2D eigenvalue weighted by atomic mass is 16.5. The molecule has 4 nitrogen and oxygen atoms in total. The van der Waals surface area contributed by atoms with Gasteiger partial charge in [0.25, 0.3) is 0 Å². The van der Waals surface area contributed by atoms with Gasteiger partial charge >= 0.3 is 0 Å². The third kappa shape index (κ3) is 4.02. The molecule has 1 aromatic carbocycles. The van der Waals surface area contributed by atoms with Crippen LogP contribution in [0.3, 0.4) is 0 Å². The number of aryl methyl sites for hydroxylation is 1. The van der Waals surface area contributed by atoms with Crippen LogP contribution in [0, 0.1) is 5.92 Å². The van der Waals surface area contributed by atoms with Crippen molar-refractivity contribution in [2.45, 2.75) is 33.9 Å². The summed E-state index contributed by atoms with van der Waals surface area (Å²) in [6.45, 7) is 8.80. The van der Waals surface area contributed by atoms with Crippen molar-refractivity contribution in [3.63, 3.8) is 0 Å². The monoisotopic (exact) mass is 273 g/mol. The number of anilines is 1. The fourth-order valence-electron chi connectivity index (χ4n) is 1.94. The second-order valence-electron chi connectivity index (χ2n) is 5.22. The van der Waals surface area contributed by atoms with E-state index in [0.29, 0.717) is 12.5 Å². The predicted molar refractivity (Wildman–Crippen MR) is 82.0 cm³/mol. The third-order valence-corrected chi connectivity index (χ3v) is 3.01. The summed E-state index contributed by atoms with van der Waals surface area (Å²) in [6, 6.07) is 8.06. The lowest BCUT2D eigenvalue weighted by Gasteiger charge is -2.11. The number of aromatic nitrogens is 2. The van der Waals surface area contributed by atoms with Gasteiger partial charge < -0.3 is 14.6 Å². The molecule has 0 saturated heterocycles. The highest BCUT2D eigenvalue weighted by Crippen LogP contribution is 2.18. The number of ether oxygens (including phenoxy) is 1. The molecule has 0 atom stereocenters. The number of hydrogen-bond acceptors (Lipinski definition) is 3. The van der Waals surface area contributed by atoms with E-state index >= 15 is 0 Å². The van der Waals surface area contributed by atoms with E-state index in [-0.39, 0.29) is 0 Å². The lowest BCUT2D eigenvalue weighted by molar-refractivity contribution is 0.271. The van der Waals surface area contributed by atoms with Gasteiger partial charge in [0.2, 0.25) is 0 Å². The summed E-state index contributed by atoms with van der Waals surface area (Å²) in [5.74, 6) is 2.48. The summed E-state index contributed by atoms with van der Waals surface area (Å²) in [6.07, 6.45) is 3.84. The van der Waals surface area contributed by atoms with Gasteiger partial charge in [-0.05, 0) is 25.0 Å². The lowest BCUT2D eigenvalue weighted by Crippen LogP contribution is -2.08. The van der Waals surface area contributed by atoms with Crippen LogP contribution >= 0.6 is 0 Å². The molecule has 108 valence electrons. The van der Waals surface area contributed by atoms with Crippen molar-refractivity contribution in [1.29, 1.82) is 0 Å². The predicted octanol–water partition coefficient (Wildman–Crippen LogP) is 3.55. The van der Waals surface area contributed by atoms with E-state index in [1.165, 1.54) is 0 Å². The van der Waals surface area contributed by atoms with Crippen LogP contribution in [0.4, 0.5) is 5.69 Å². The van der Waals surface area contributed by atoms with Crippen molar-refractivity contribution in [3.8, 4) is 5.75 Å². The second-order valence-corrected chi connectivity index (χ2v) is 5.22. The molecule has 0 spiro atoms. The summed E-state index contributed by atoms with van der Waals surface area (Å²) in [5.41, 5.74) is 1.05. The van der Waals surface area contributed by atoms with Crippen molar-refractivity contribution in [2.24, 2.45) is 5.92 Å². The van der Waals surface area contributed by atoms with E-state index in [9.17, 15) is 0 Å². The van der Waals surface area contributed by atoms with Crippen LogP contribution in [-0.4, -0.2) is 16.2 Å². The molecule has 0 aliphatic carbocycles. The quantitative estimate of drug-likeness (QED) is 0.838. The number of hydrogen-bond donors (Lipinski definition) is 1.